The van der Waals surface area contributed by atoms with Crippen molar-refractivity contribution in [1.82, 2.24) is 4.98 Å². The fourth-order valence-electron chi connectivity index (χ4n) is 1.78. The van der Waals surface area contributed by atoms with Crippen molar-refractivity contribution in [1.29, 1.82) is 0 Å². The first-order chi connectivity index (χ1) is 8.65. The minimum Gasteiger partial charge on any atom is -0.488 e. The third-order valence-corrected chi connectivity index (χ3v) is 2.77. The summed E-state index contributed by atoms with van der Waals surface area (Å²) in [5.41, 5.74) is -0.0158. The van der Waals surface area contributed by atoms with E-state index in [-0.39, 0.29) is 11.8 Å². The molecule has 1 atom stereocenters. The molecule has 0 aliphatic rings. The summed E-state index contributed by atoms with van der Waals surface area (Å²) in [6.45, 7) is 4.14. The smallest absolute Gasteiger partial charge is 0.358 e. The number of carbonyl (C=O) groups is 1. The second kappa shape index (κ2) is 7.69. The van der Waals surface area contributed by atoms with Gasteiger partial charge in [-0.15, -0.1) is 0 Å². The molecule has 0 radical (unpaired) electrons. The lowest BCUT2D eigenvalue weighted by Gasteiger charge is -2.15. The van der Waals surface area contributed by atoms with Gasteiger partial charge in [0.25, 0.3) is 0 Å². The molecule has 1 unspecified atom stereocenters. The van der Waals surface area contributed by atoms with E-state index >= 15 is 0 Å². The van der Waals surface area contributed by atoms with E-state index < -0.39 is 5.97 Å². The Hall–Kier alpha value is -1.58. The summed E-state index contributed by atoms with van der Waals surface area (Å²) in [5, 5.41) is 8.98. The topological polar surface area (TPSA) is 59.4 Å². The molecule has 0 aliphatic heterocycles. The molecule has 1 aromatic heterocycles. The quantitative estimate of drug-likeness (QED) is 0.718. The number of nitrogens with zero attached hydrogens (tertiary/aromatic N) is 1. The maximum Gasteiger partial charge on any atom is 0.358 e. The molecule has 0 bridgehead atoms. The Morgan fingerprint density at radius 2 is 2.22 bits per heavy atom. The molecule has 0 spiro atoms. The number of aromatic nitrogens is 1. The van der Waals surface area contributed by atoms with E-state index in [2.05, 4.69) is 11.9 Å². The zero-order valence-electron chi connectivity index (χ0n) is 11.1. The van der Waals surface area contributed by atoms with Crippen LogP contribution < -0.4 is 4.74 Å². The molecule has 100 valence electrons. The van der Waals surface area contributed by atoms with E-state index in [1.54, 1.807) is 12.1 Å². The maximum absolute atomic E-state index is 11.0. The van der Waals surface area contributed by atoms with E-state index in [1.165, 1.54) is 25.5 Å². The van der Waals surface area contributed by atoms with Gasteiger partial charge in [0.05, 0.1) is 6.10 Å². The number of rotatable bonds is 8. The first kappa shape index (κ1) is 14.5. The van der Waals surface area contributed by atoms with Gasteiger partial charge in [-0.2, -0.15) is 0 Å². The van der Waals surface area contributed by atoms with E-state index in [0.717, 1.165) is 12.8 Å². The molecule has 4 nitrogen and oxygen atoms in total. The van der Waals surface area contributed by atoms with Crippen LogP contribution in [0.2, 0.25) is 0 Å². The van der Waals surface area contributed by atoms with Crippen LogP contribution in [-0.4, -0.2) is 22.2 Å². The van der Waals surface area contributed by atoms with Gasteiger partial charge in [0.15, 0.2) is 11.4 Å². The van der Waals surface area contributed by atoms with Crippen LogP contribution in [0.15, 0.2) is 18.3 Å². The second-order valence-electron chi connectivity index (χ2n) is 4.43. The number of pyridine rings is 1. The van der Waals surface area contributed by atoms with Crippen LogP contribution in [0.4, 0.5) is 0 Å². The summed E-state index contributed by atoms with van der Waals surface area (Å²) in [6, 6.07) is 3.34. The standard InChI is InChI=1S/C14H21NO3/c1-3-4-5-6-8-11(2)18-12-9-7-10-15-13(12)14(16)17/h7,9-11H,3-6,8H2,1-2H3,(H,16,17). The van der Waals surface area contributed by atoms with E-state index in [1.807, 2.05) is 6.92 Å². The van der Waals surface area contributed by atoms with Crippen molar-refractivity contribution < 1.29 is 14.6 Å². The van der Waals surface area contributed by atoms with Crippen molar-refractivity contribution in [2.45, 2.75) is 52.1 Å². The van der Waals surface area contributed by atoms with E-state index in [0.29, 0.717) is 5.75 Å². The summed E-state index contributed by atoms with van der Waals surface area (Å²) in [7, 11) is 0. The lowest BCUT2D eigenvalue weighted by atomic mass is 10.1. The Labute approximate surface area is 108 Å². The zero-order chi connectivity index (χ0) is 13.4. The van der Waals surface area contributed by atoms with Crippen LogP contribution in [0.5, 0.6) is 5.75 Å². The summed E-state index contributed by atoms with van der Waals surface area (Å²) in [6.07, 6.45) is 7.17. The molecule has 18 heavy (non-hydrogen) atoms. The zero-order valence-corrected chi connectivity index (χ0v) is 11.1. The van der Waals surface area contributed by atoms with Crippen molar-refractivity contribution >= 4 is 5.97 Å². The Balaban J connectivity index is 2.48. The molecule has 1 rings (SSSR count). The van der Waals surface area contributed by atoms with E-state index in [4.69, 9.17) is 9.84 Å². The molecule has 4 heteroatoms. The molecule has 0 aliphatic carbocycles. The summed E-state index contributed by atoms with van der Waals surface area (Å²) in [4.78, 5) is 14.8. The van der Waals surface area contributed by atoms with Crippen LogP contribution in [0.3, 0.4) is 0 Å². The number of carboxylic acids is 1. The van der Waals surface area contributed by atoms with Gasteiger partial charge in [-0.05, 0) is 31.9 Å². The first-order valence-electron chi connectivity index (χ1n) is 6.50. The molecule has 1 aromatic rings. The average Bonchev–Trinajstić information content (AvgIpc) is 2.35. The number of unbranched alkanes of at least 4 members (excludes halogenated alkanes) is 3. The lowest BCUT2D eigenvalue weighted by Crippen LogP contribution is -2.14. The van der Waals surface area contributed by atoms with Crippen LogP contribution in [0.1, 0.15) is 56.4 Å². The third kappa shape index (κ3) is 4.73. The van der Waals surface area contributed by atoms with Crippen molar-refractivity contribution in [2.24, 2.45) is 0 Å². The molecule has 0 amide bonds. The molecule has 0 aromatic carbocycles. The van der Waals surface area contributed by atoms with Gasteiger partial charge < -0.3 is 9.84 Å². The SMILES string of the molecule is CCCCCCC(C)Oc1cccnc1C(=O)O. The summed E-state index contributed by atoms with van der Waals surface area (Å²) in [5.74, 6) is -0.697. The summed E-state index contributed by atoms with van der Waals surface area (Å²) >= 11 is 0. The number of hydrogen-bond donors (Lipinski definition) is 1. The predicted molar refractivity (Wildman–Crippen MR) is 70.0 cm³/mol. The highest BCUT2D eigenvalue weighted by molar-refractivity contribution is 5.88. The normalized spacial score (nSPS) is 12.1. The maximum atomic E-state index is 11.0. The average molecular weight is 251 g/mol. The van der Waals surface area contributed by atoms with Gasteiger partial charge in [0.2, 0.25) is 0 Å². The van der Waals surface area contributed by atoms with Crippen molar-refractivity contribution in [3.8, 4) is 5.75 Å². The number of carboxylic acid groups (broad SMARTS) is 1. The minimum atomic E-state index is -1.05. The fraction of sp³-hybridized carbons (Fsp3) is 0.571. The van der Waals surface area contributed by atoms with Crippen molar-refractivity contribution in [3.63, 3.8) is 0 Å². The highest BCUT2D eigenvalue weighted by Gasteiger charge is 2.14. The lowest BCUT2D eigenvalue weighted by molar-refractivity contribution is 0.0682. The largest absolute Gasteiger partial charge is 0.488 e. The van der Waals surface area contributed by atoms with Gasteiger partial charge in [-0.25, -0.2) is 9.78 Å². The molecular formula is C14H21NO3. The van der Waals surface area contributed by atoms with Crippen molar-refractivity contribution in [3.05, 3.63) is 24.0 Å². The highest BCUT2D eigenvalue weighted by Crippen LogP contribution is 2.18. The number of hydrogen-bond acceptors (Lipinski definition) is 3. The molecule has 0 saturated heterocycles. The monoisotopic (exact) mass is 251 g/mol. The Kier molecular flexibility index (Phi) is 6.19. The van der Waals surface area contributed by atoms with Gasteiger partial charge >= 0.3 is 5.97 Å². The highest BCUT2D eigenvalue weighted by atomic mass is 16.5. The van der Waals surface area contributed by atoms with Gasteiger partial charge in [0, 0.05) is 6.20 Å². The van der Waals surface area contributed by atoms with Crippen LogP contribution >= 0.6 is 0 Å². The minimum absolute atomic E-state index is 0.0158. The van der Waals surface area contributed by atoms with Crippen molar-refractivity contribution in [2.75, 3.05) is 0 Å². The fourth-order valence-corrected chi connectivity index (χ4v) is 1.78. The Morgan fingerprint density at radius 1 is 1.44 bits per heavy atom. The summed E-state index contributed by atoms with van der Waals surface area (Å²) < 4.78 is 5.64. The van der Waals surface area contributed by atoms with Crippen LogP contribution in [0, 0.1) is 0 Å². The molecule has 1 N–H and O–H groups in total. The van der Waals surface area contributed by atoms with Crippen LogP contribution in [-0.2, 0) is 0 Å². The van der Waals surface area contributed by atoms with Gasteiger partial charge in [-0.1, -0.05) is 26.2 Å². The van der Waals surface area contributed by atoms with Crippen LogP contribution in [0.25, 0.3) is 0 Å². The number of ether oxygens (including phenoxy) is 1. The first-order valence-corrected chi connectivity index (χ1v) is 6.50. The van der Waals surface area contributed by atoms with E-state index in [9.17, 15) is 4.79 Å². The van der Waals surface area contributed by atoms with Gasteiger partial charge in [0.1, 0.15) is 0 Å². The third-order valence-electron chi connectivity index (χ3n) is 2.77. The Morgan fingerprint density at radius 3 is 2.89 bits per heavy atom. The second-order valence-corrected chi connectivity index (χ2v) is 4.43. The predicted octanol–water partition coefficient (Wildman–Crippen LogP) is 3.52. The van der Waals surface area contributed by atoms with Gasteiger partial charge in [-0.3, -0.25) is 0 Å². The molecule has 0 fully saturated rings. The Bertz CT molecular complexity index is 379. The molecule has 1 heterocycles. The molecular weight excluding hydrogens is 230 g/mol. The molecule has 0 saturated carbocycles. The number of aromatic carboxylic acids is 1.